The number of nitrogens with zero attached hydrogens (tertiary/aromatic N) is 1. The third-order valence-corrected chi connectivity index (χ3v) is 6.33. The molecule has 5 atom stereocenters. The first kappa shape index (κ1) is 33.4. The predicted molar refractivity (Wildman–Crippen MR) is 150 cm³/mol. The van der Waals surface area contributed by atoms with Crippen LogP contribution in [0.5, 0.6) is 0 Å². The van der Waals surface area contributed by atoms with E-state index in [2.05, 4.69) is 20.9 Å². The molecule has 0 aliphatic heterocycles. The summed E-state index contributed by atoms with van der Waals surface area (Å²) in [6.45, 7) is 7.57. The van der Waals surface area contributed by atoms with Crippen molar-refractivity contribution in [2.24, 2.45) is 34.0 Å². The van der Waals surface area contributed by atoms with Crippen molar-refractivity contribution in [3.63, 3.8) is 0 Å². The van der Waals surface area contributed by atoms with E-state index < -0.39 is 47.9 Å². The lowest BCUT2D eigenvalue weighted by Crippen LogP contribution is -2.58. The monoisotopic (exact) mass is 547 g/mol. The number of hydrogen-bond donors (Lipinski definition) is 7. The van der Waals surface area contributed by atoms with Crippen LogP contribution in [0.3, 0.4) is 0 Å². The Labute approximate surface area is 230 Å². The third kappa shape index (κ3) is 12.6. The summed E-state index contributed by atoms with van der Waals surface area (Å²) in [5.74, 6) is -3.24. The Morgan fingerprint density at radius 2 is 1.51 bits per heavy atom. The molecule has 0 heterocycles. The number of aliphatic carboxylic acids is 1. The molecule has 1 aromatic carbocycles. The maximum Gasteiger partial charge on any atom is 0.326 e. The quantitative estimate of drug-likeness (QED) is 0.0812. The Balaban J connectivity index is 3.05. The van der Waals surface area contributed by atoms with Crippen LogP contribution in [0.15, 0.2) is 35.3 Å². The first-order valence-electron chi connectivity index (χ1n) is 13.3. The topological polar surface area (TPSA) is 215 Å². The van der Waals surface area contributed by atoms with Gasteiger partial charge in [-0.2, -0.15) is 0 Å². The number of rotatable bonds is 17. The molecule has 3 amide bonds. The van der Waals surface area contributed by atoms with E-state index in [0.717, 1.165) is 5.56 Å². The average Bonchev–Trinajstić information content (AvgIpc) is 2.87. The van der Waals surface area contributed by atoms with E-state index in [4.69, 9.17) is 17.2 Å². The van der Waals surface area contributed by atoms with Gasteiger partial charge in [0.05, 0.1) is 6.04 Å². The van der Waals surface area contributed by atoms with E-state index >= 15 is 0 Å². The van der Waals surface area contributed by atoms with Gasteiger partial charge in [-0.25, -0.2) is 4.79 Å². The number of carbonyl (C=O) groups excluding carboxylic acids is 3. The summed E-state index contributed by atoms with van der Waals surface area (Å²) in [4.78, 5) is 55.0. The molecular formula is C27H45N7O5. The van der Waals surface area contributed by atoms with Crippen molar-refractivity contribution in [3.05, 3.63) is 35.9 Å². The van der Waals surface area contributed by atoms with E-state index in [9.17, 15) is 24.3 Å². The molecule has 218 valence electrons. The lowest BCUT2D eigenvalue weighted by atomic mass is 9.97. The van der Waals surface area contributed by atoms with E-state index in [1.807, 2.05) is 51.1 Å². The number of carbonyl (C=O) groups is 4. The first-order chi connectivity index (χ1) is 18.3. The van der Waals surface area contributed by atoms with Crippen molar-refractivity contribution >= 4 is 29.7 Å². The van der Waals surface area contributed by atoms with E-state index in [-0.39, 0.29) is 43.6 Å². The third-order valence-electron chi connectivity index (χ3n) is 6.33. The van der Waals surface area contributed by atoms with Gasteiger partial charge >= 0.3 is 5.97 Å². The van der Waals surface area contributed by atoms with Gasteiger partial charge in [-0.15, -0.1) is 0 Å². The van der Waals surface area contributed by atoms with Gasteiger partial charge in [0.25, 0.3) is 0 Å². The van der Waals surface area contributed by atoms with Gasteiger partial charge in [0.2, 0.25) is 17.7 Å². The molecule has 1 rings (SSSR count). The Hall–Kier alpha value is -3.67. The van der Waals surface area contributed by atoms with Gasteiger partial charge in [0.1, 0.15) is 18.1 Å². The lowest BCUT2D eigenvalue weighted by molar-refractivity contribution is -0.144. The molecule has 39 heavy (non-hydrogen) atoms. The minimum atomic E-state index is -1.15. The Morgan fingerprint density at radius 1 is 0.923 bits per heavy atom. The fraction of sp³-hybridized carbons (Fsp3) is 0.593. The second-order valence-corrected chi connectivity index (χ2v) is 10.2. The minimum absolute atomic E-state index is 0.0159. The number of aliphatic imine (C=N–C) groups is 1. The molecule has 0 saturated heterocycles. The predicted octanol–water partition coefficient (Wildman–Crippen LogP) is 0.241. The molecule has 0 aliphatic carbocycles. The Bertz CT molecular complexity index is 967. The highest BCUT2D eigenvalue weighted by atomic mass is 16.4. The number of nitrogens with one attached hydrogen (secondary N) is 3. The van der Waals surface area contributed by atoms with Gasteiger partial charge in [0, 0.05) is 6.54 Å². The molecule has 0 aromatic heterocycles. The van der Waals surface area contributed by atoms with Crippen molar-refractivity contribution in [2.75, 3.05) is 6.54 Å². The largest absolute Gasteiger partial charge is 0.480 e. The van der Waals surface area contributed by atoms with Crippen LogP contribution in [0.25, 0.3) is 0 Å². The summed E-state index contributed by atoms with van der Waals surface area (Å²) < 4.78 is 0. The van der Waals surface area contributed by atoms with Gasteiger partial charge in [0.15, 0.2) is 5.96 Å². The molecule has 1 aromatic rings. The minimum Gasteiger partial charge on any atom is -0.480 e. The highest BCUT2D eigenvalue weighted by molar-refractivity contribution is 5.94. The molecule has 10 N–H and O–H groups in total. The van der Waals surface area contributed by atoms with Crippen LogP contribution in [0.2, 0.25) is 0 Å². The van der Waals surface area contributed by atoms with E-state index in [1.54, 1.807) is 6.92 Å². The SMILES string of the molecule is CCC(C)C(NC(=O)C(CC(C)C)NC(=O)C(CCCN=C(N)N)NC(=O)C(N)Cc1ccccc1)C(=O)O. The van der Waals surface area contributed by atoms with E-state index in [0.29, 0.717) is 12.8 Å². The van der Waals surface area contributed by atoms with Crippen LogP contribution >= 0.6 is 0 Å². The van der Waals surface area contributed by atoms with Crippen LogP contribution in [0.1, 0.15) is 58.9 Å². The number of hydrogen-bond acceptors (Lipinski definition) is 6. The molecule has 0 spiro atoms. The first-order valence-corrected chi connectivity index (χ1v) is 13.3. The summed E-state index contributed by atoms with van der Waals surface area (Å²) in [7, 11) is 0. The number of guanidine groups is 1. The van der Waals surface area contributed by atoms with Crippen molar-refractivity contribution in [3.8, 4) is 0 Å². The maximum absolute atomic E-state index is 13.3. The lowest BCUT2D eigenvalue weighted by Gasteiger charge is -2.27. The van der Waals surface area contributed by atoms with Gasteiger partial charge in [-0.05, 0) is 43.1 Å². The van der Waals surface area contributed by atoms with Crippen molar-refractivity contribution in [1.29, 1.82) is 0 Å². The van der Waals surface area contributed by atoms with Crippen LogP contribution in [-0.4, -0.2) is 65.5 Å². The summed E-state index contributed by atoms with van der Waals surface area (Å²) in [5, 5.41) is 17.6. The van der Waals surface area contributed by atoms with Crippen molar-refractivity contribution < 1.29 is 24.3 Å². The Kier molecular flexibility index (Phi) is 14.6. The second kappa shape index (κ2) is 17.0. The highest BCUT2D eigenvalue weighted by Gasteiger charge is 2.32. The highest BCUT2D eigenvalue weighted by Crippen LogP contribution is 2.12. The normalized spacial score (nSPS) is 14.8. The van der Waals surface area contributed by atoms with E-state index in [1.165, 1.54) is 0 Å². The summed E-state index contributed by atoms with van der Waals surface area (Å²) >= 11 is 0. The zero-order chi connectivity index (χ0) is 29.5. The van der Waals surface area contributed by atoms with Gasteiger partial charge in [-0.1, -0.05) is 64.4 Å². The fourth-order valence-corrected chi connectivity index (χ4v) is 3.92. The number of carboxylic acids is 1. The van der Waals surface area contributed by atoms with Gasteiger partial charge in [-0.3, -0.25) is 19.4 Å². The number of nitrogens with two attached hydrogens (primary N) is 3. The zero-order valence-electron chi connectivity index (χ0n) is 23.4. The summed E-state index contributed by atoms with van der Waals surface area (Å²) in [5.41, 5.74) is 17.7. The summed E-state index contributed by atoms with van der Waals surface area (Å²) in [6.07, 6.45) is 1.66. The molecule has 0 bridgehead atoms. The number of amides is 3. The molecular weight excluding hydrogens is 502 g/mol. The average molecular weight is 548 g/mol. The van der Waals surface area contributed by atoms with Crippen LogP contribution in [0, 0.1) is 11.8 Å². The number of benzene rings is 1. The second-order valence-electron chi connectivity index (χ2n) is 10.2. The van der Waals surface area contributed by atoms with Crippen LogP contribution in [0.4, 0.5) is 0 Å². The fourth-order valence-electron chi connectivity index (χ4n) is 3.92. The molecule has 0 radical (unpaired) electrons. The Morgan fingerprint density at radius 3 is 2.05 bits per heavy atom. The molecule has 0 aliphatic rings. The molecule has 12 nitrogen and oxygen atoms in total. The van der Waals surface area contributed by atoms with Crippen molar-refractivity contribution in [1.82, 2.24) is 16.0 Å². The van der Waals surface area contributed by atoms with Crippen LogP contribution < -0.4 is 33.2 Å². The molecule has 0 fully saturated rings. The molecule has 0 saturated carbocycles. The molecule has 12 heteroatoms. The van der Waals surface area contributed by atoms with Crippen LogP contribution in [-0.2, 0) is 25.6 Å². The summed E-state index contributed by atoms with van der Waals surface area (Å²) in [6, 6.07) is 5.24. The maximum atomic E-state index is 13.3. The smallest absolute Gasteiger partial charge is 0.326 e. The molecule has 5 unspecified atom stereocenters. The van der Waals surface area contributed by atoms with Crippen molar-refractivity contribution in [2.45, 2.75) is 84.0 Å². The van der Waals surface area contributed by atoms with Gasteiger partial charge < -0.3 is 38.3 Å². The standard InChI is InChI=1S/C27H45N7O5/c1-5-17(4)22(26(38)39)34-25(37)21(14-16(2)3)33-24(36)20(12-9-13-31-27(29)30)32-23(35)19(28)15-18-10-7-6-8-11-18/h6-8,10-11,16-17,19-22H,5,9,12-15,28H2,1-4H3,(H,32,35)(H,33,36)(H,34,37)(H,38,39)(H4,29,30,31). The zero-order valence-corrected chi connectivity index (χ0v) is 23.4. The number of carboxylic acid groups (broad SMARTS) is 1.